The van der Waals surface area contributed by atoms with E-state index in [4.69, 9.17) is 23.2 Å². The van der Waals surface area contributed by atoms with Crippen LogP contribution in [-0.2, 0) is 36.8 Å². The van der Waals surface area contributed by atoms with E-state index in [0.29, 0.717) is 32.8 Å². The first-order valence-corrected chi connectivity index (χ1v) is 19.6. The van der Waals surface area contributed by atoms with E-state index >= 15 is 0 Å². The average Bonchev–Trinajstić information content (AvgIpc) is 3.62. The van der Waals surface area contributed by atoms with Crippen LogP contribution in [0.15, 0.2) is 125 Å². The van der Waals surface area contributed by atoms with Crippen LogP contribution in [0.2, 0.25) is 10.0 Å². The molecule has 58 heavy (non-hydrogen) atoms. The Bertz CT molecular complexity index is 2630. The molecule has 24 heteroatoms. The Morgan fingerprint density at radius 3 is 1.22 bits per heavy atom. The van der Waals surface area contributed by atoms with Gasteiger partial charge in [0.25, 0.3) is 11.1 Å². The van der Waals surface area contributed by atoms with Crippen molar-refractivity contribution < 1.29 is 73.4 Å². The van der Waals surface area contributed by atoms with Crippen molar-refractivity contribution in [1.82, 2.24) is 29.0 Å². The molecular weight excluding hydrogens is 893 g/mol. The second kappa shape index (κ2) is 20.0. The number of aromatic nitrogens is 4. The van der Waals surface area contributed by atoms with E-state index < -0.39 is 42.7 Å². The standard InChI is InChI=1S/2C17H16ClN5O4S.Co.Na/c2*1-10-16(17(25)23(22-10)12-5-3-11(18)4-6-12)21-20-14-9-13(7-8-15(14)24)28(26,27)19-2;;/h2*3-9,19H,1-2H3,(H2,20,21,22,24,25);;/q;;+3;+1/p-4. The van der Waals surface area contributed by atoms with Crippen molar-refractivity contribution in [3.63, 3.8) is 0 Å². The maximum absolute atomic E-state index is 12.6. The van der Waals surface area contributed by atoms with Crippen LogP contribution < -0.4 is 70.5 Å². The number of aryl methyl sites for hydroxylation is 2. The topological polar surface area (TPSA) is 260 Å². The van der Waals surface area contributed by atoms with E-state index in [-0.39, 0.29) is 78.9 Å². The molecule has 0 radical (unpaired) electrons. The van der Waals surface area contributed by atoms with E-state index in [0.717, 1.165) is 45.8 Å². The Balaban J connectivity index is 0.000000300. The third-order valence-electron chi connectivity index (χ3n) is 7.65. The minimum atomic E-state index is -3.75. The molecule has 0 aliphatic rings. The van der Waals surface area contributed by atoms with Crippen LogP contribution in [0.3, 0.4) is 0 Å². The van der Waals surface area contributed by atoms with E-state index in [1.54, 1.807) is 62.4 Å². The molecule has 298 valence electrons. The zero-order chi connectivity index (χ0) is 40.9. The van der Waals surface area contributed by atoms with Crippen molar-refractivity contribution in [3.05, 3.63) is 127 Å². The molecule has 0 saturated carbocycles. The van der Waals surface area contributed by atoms with Gasteiger partial charge in [0.2, 0.25) is 20.0 Å². The average molecular weight is 922 g/mol. The van der Waals surface area contributed by atoms with Gasteiger partial charge in [-0.15, -0.1) is 21.6 Å². The Morgan fingerprint density at radius 1 is 0.586 bits per heavy atom. The maximum Gasteiger partial charge on any atom is 3.00 e. The van der Waals surface area contributed by atoms with Gasteiger partial charge in [0.1, 0.15) is 11.4 Å². The van der Waals surface area contributed by atoms with Gasteiger partial charge in [-0.05, 0) is 86.9 Å². The Kier molecular flexibility index (Phi) is 16.6. The van der Waals surface area contributed by atoms with Gasteiger partial charge in [0, 0.05) is 21.4 Å². The van der Waals surface area contributed by atoms with Gasteiger partial charge in [-0.2, -0.15) is 10.2 Å². The zero-order valence-corrected chi connectivity index (χ0v) is 37.0. The van der Waals surface area contributed by atoms with E-state index in [1.165, 1.54) is 14.1 Å². The summed E-state index contributed by atoms with van der Waals surface area (Å²) in [6, 6.07) is 19.6. The minimum absolute atomic E-state index is 0. The van der Waals surface area contributed by atoms with Gasteiger partial charge in [-0.1, -0.05) is 60.7 Å². The number of benzene rings is 4. The summed E-state index contributed by atoms with van der Waals surface area (Å²) in [5.74, 6) is -1.07. The predicted octanol–water partition coefficient (Wildman–Crippen LogP) is 1.31. The fraction of sp³-hybridized carbons (Fsp3) is 0.118. The third-order valence-corrected chi connectivity index (χ3v) is 11.0. The molecule has 0 fully saturated rings. The Morgan fingerprint density at radius 2 is 0.914 bits per heavy atom. The van der Waals surface area contributed by atoms with Crippen LogP contribution in [0, 0.1) is 13.8 Å². The summed E-state index contributed by atoms with van der Waals surface area (Å²) in [4.78, 5) is 24.9. The summed E-state index contributed by atoms with van der Waals surface area (Å²) in [6.07, 6.45) is 0. The predicted molar refractivity (Wildman–Crippen MR) is 203 cm³/mol. The van der Waals surface area contributed by atoms with Gasteiger partial charge in [0.15, 0.2) is 0 Å². The summed E-state index contributed by atoms with van der Waals surface area (Å²) < 4.78 is 54.1. The number of azo groups is 2. The first-order chi connectivity index (χ1) is 26.4. The van der Waals surface area contributed by atoms with Crippen molar-refractivity contribution in [2.24, 2.45) is 20.5 Å². The van der Waals surface area contributed by atoms with Crippen molar-refractivity contribution in [2.45, 2.75) is 23.6 Å². The van der Waals surface area contributed by atoms with Crippen LogP contribution in [0.5, 0.6) is 11.5 Å². The number of hydrogen-bond acceptors (Lipinski definition) is 12. The summed E-state index contributed by atoms with van der Waals surface area (Å²) in [5.41, 5.74) is -0.0253. The molecule has 0 atom stereocenters. The van der Waals surface area contributed by atoms with Crippen LogP contribution in [0.4, 0.5) is 22.7 Å². The molecule has 18 nitrogen and oxygen atoms in total. The van der Waals surface area contributed by atoms with Crippen molar-refractivity contribution in [3.8, 4) is 22.9 Å². The molecule has 0 aliphatic heterocycles. The molecule has 0 unspecified atom stereocenters. The molecule has 0 saturated heterocycles. The second-order valence-electron chi connectivity index (χ2n) is 11.3. The molecule has 4 aromatic carbocycles. The molecule has 2 aromatic heterocycles. The number of sulfonamides is 2. The van der Waals surface area contributed by atoms with Crippen LogP contribution in [-0.4, -0.2) is 40.3 Å². The van der Waals surface area contributed by atoms with Gasteiger partial charge in [-0.25, -0.2) is 26.3 Å². The van der Waals surface area contributed by atoms with Crippen molar-refractivity contribution in [2.75, 3.05) is 14.1 Å². The summed E-state index contributed by atoms with van der Waals surface area (Å²) in [7, 11) is -5.00. The van der Waals surface area contributed by atoms with E-state index in [1.807, 2.05) is 0 Å². The Hall–Kier alpha value is -4.39. The van der Waals surface area contributed by atoms with Gasteiger partial charge in [0.05, 0.1) is 21.2 Å². The summed E-state index contributed by atoms with van der Waals surface area (Å²) in [5, 5.41) is 48.4. The fourth-order valence-corrected chi connectivity index (χ4v) is 6.42. The monoisotopic (exact) mass is 920 g/mol. The van der Waals surface area contributed by atoms with Crippen LogP contribution in [0.25, 0.3) is 11.4 Å². The molecular formula is C34H28Cl2CoN10NaO8S2. The second-order valence-corrected chi connectivity index (χ2v) is 16.0. The summed E-state index contributed by atoms with van der Waals surface area (Å²) in [6.45, 7) is 3.14. The molecule has 6 rings (SSSR count). The normalized spacial score (nSPS) is 11.6. The first kappa shape index (κ1) is 48.0. The molecule has 6 aromatic rings. The Labute approximate surface area is 373 Å². The fourth-order valence-electron chi connectivity index (χ4n) is 4.67. The van der Waals surface area contributed by atoms with Crippen molar-refractivity contribution in [1.29, 1.82) is 0 Å². The quantitative estimate of drug-likeness (QED) is 0.147. The number of nitrogens with one attached hydrogen (secondary N) is 2. The molecule has 0 bridgehead atoms. The number of rotatable bonds is 10. The number of nitrogens with zero attached hydrogens (tertiary/aromatic N) is 8. The molecule has 0 amide bonds. The van der Waals surface area contributed by atoms with Crippen molar-refractivity contribution >= 4 is 66.0 Å². The van der Waals surface area contributed by atoms with Gasteiger partial charge >= 0.3 is 46.3 Å². The smallest absolute Gasteiger partial charge is 0.871 e. The largest absolute Gasteiger partial charge is 3.00 e. The van der Waals surface area contributed by atoms with Gasteiger partial charge < -0.3 is 29.8 Å². The number of halogens is 2. The molecule has 2 heterocycles. The van der Waals surface area contributed by atoms with E-state index in [9.17, 15) is 36.6 Å². The van der Waals surface area contributed by atoms with Gasteiger partial charge in [-0.3, -0.25) is 9.59 Å². The summed E-state index contributed by atoms with van der Waals surface area (Å²) >= 11 is 11.7. The molecule has 2 N–H and O–H groups in total. The first-order valence-electron chi connectivity index (χ1n) is 15.8. The molecule has 0 spiro atoms. The minimum Gasteiger partial charge on any atom is -0.871 e. The van der Waals surface area contributed by atoms with Crippen LogP contribution in [0.1, 0.15) is 11.4 Å². The maximum atomic E-state index is 12.6. The SMILES string of the molecule is CNS(=O)(=O)c1ccc([O-])c(N=Nc2c(C)[n-]n(-c3ccc(Cl)cc3)c2=O)c1.CNS(=O)(=O)c1ccc([O-])c(N=Nc2c(C)[n-]n(-c3ccc(Cl)cc3)c2=O)c1.[Co+3].[Na+]. The number of hydrogen-bond donors (Lipinski definition) is 2. The third kappa shape index (κ3) is 11.0. The molecule has 0 aliphatic carbocycles. The zero-order valence-electron chi connectivity index (χ0n) is 30.8. The van der Waals surface area contributed by atoms with Crippen LogP contribution >= 0.6 is 23.2 Å². The van der Waals surface area contributed by atoms with E-state index in [2.05, 4.69) is 40.1 Å².